The Labute approximate surface area is 104 Å². The van der Waals surface area contributed by atoms with Gasteiger partial charge in [-0.25, -0.2) is 9.78 Å². The van der Waals surface area contributed by atoms with E-state index in [1.165, 1.54) is 49.6 Å². The first-order valence-corrected chi connectivity index (χ1v) is 7.03. The molecule has 2 unspecified atom stereocenters. The highest BCUT2D eigenvalue weighted by molar-refractivity contribution is 7.17. The van der Waals surface area contributed by atoms with E-state index >= 15 is 0 Å². The van der Waals surface area contributed by atoms with Crippen molar-refractivity contribution in [1.82, 2.24) is 4.98 Å². The first kappa shape index (κ1) is 11.0. The largest absolute Gasteiger partial charge is 0.477 e. The zero-order chi connectivity index (χ0) is 11.8. The minimum Gasteiger partial charge on any atom is -0.477 e. The number of thiazole rings is 1. The molecule has 17 heavy (non-hydrogen) atoms. The Morgan fingerprint density at radius 1 is 1.41 bits per heavy atom. The number of piperidine rings is 1. The molecule has 1 saturated heterocycles. The summed E-state index contributed by atoms with van der Waals surface area (Å²) in [5, 5.41) is 9.84. The van der Waals surface area contributed by atoms with Gasteiger partial charge in [0.05, 0.1) is 6.20 Å². The van der Waals surface area contributed by atoms with E-state index in [4.69, 9.17) is 5.11 Å². The quantitative estimate of drug-likeness (QED) is 0.879. The van der Waals surface area contributed by atoms with Crippen LogP contribution >= 0.6 is 11.3 Å². The predicted octanol–water partition coefficient (Wildman–Crippen LogP) is 2.61. The second-order valence-electron chi connectivity index (χ2n) is 4.91. The van der Waals surface area contributed by atoms with E-state index in [1.807, 2.05) is 0 Å². The average Bonchev–Trinajstić information content (AvgIpc) is 2.97. The highest BCUT2D eigenvalue weighted by atomic mass is 32.1. The van der Waals surface area contributed by atoms with Gasteiger partial charge in [-0.3, -0.25) is 0 Å². The van der Waals surface area contributed by atoms with E-state index in [0.717, 1.165) is 17.6 Å². The van der Waals surface area contributed by atoms with Crippen LogP contribution in [0.3, 0.4) is 0 Å². The Morgan fingerprint density at radius 2 is 2.24 bits per heavy atom. The molecule has 1 N–H and O–H groups in total. The molecular formula is C12H16N2O2S. The monoisotopic (exact) mass is 252 g/mol. The molecule has 0 bridgehead atoms. The fourth-order valence-electron chi connectivity index (χ4n) is 3.19. The molecule has 1 aliphatic carbocycles. The Hall–Kier alpha value is -1.10. The molecule has 4 nitrogen and oxygen atoms in total. The standard InChI is InChI=1S/C12H16N2O2S/c15-11(16)10-7-13-12(17-10)14-6-2-4-8-3-1-5-9(8)14/h7-9H,1-6H2,(H,15,16). The number of rotatable bonds is 2. The number of anilines is 1. The van der Waals surface area contributed by atoms with Gasteiger partial charge in [0.2, 0.25) is 0 Å². The lowest BCUT2D eigenvalue weighted by molar-refractivity contribution is 0.0702. The molecule has 0 spiro atoms. The van der Waals surface area contributed by atoms with Gasteiger partial charge in [0.25, 0.3) is 0 Å². The Bertz CT molecular complexity index is 432. The van der Waals surface area contributed by atoms with Gasteiger partial charge in [0.15, 0.2) is 5.13 Å². The minimum absolute atomic E-state index is 0.347. The summed E-state index contributed by atoms with van der Waals surface area (Å²) in [5.41, 5.74) is 0. The van der Waals surface area contributed by atoms with Crippen LogP contribution in [0.2, 0.25) is 0 Å². The van der Waals surface area contributed by atoms with Crippen molar-refractivity contribution >= 4 is 22.4 Å². The van der Waals surface area contributed by atoms with Gasteiger partial charge in [-0.1, -0.05) is 17.8 Å². The smallest absolute Gasteiger partial charge is 0.347 e. The SMILES string of the molecule is O=C(O)c1cnc(N2CCCC3CCCC32)s1. The fourth-order valence-corrected chi connectivity index (χ4v) is 4.03. The summed E-state index contributed by atoms with van der Waals surface area (Å²) in [6.07, 6.45) is 7.91. The Balaban J connectivity index is 1.84. The Kier molecular flexibility index (Phi) is 2.78. The molecule has 92 valence electrons. The van der Waals surface area contributed by atoms with Crippen molar-refractivity contribution in [3.8, 4) is 0 Å². The molecule has 3 rings (SSSR count). The summed E-state index contributed by atoms with van der Waals surface area (Å²) in [5.74, 6) is -0.0605. The summed E-state index contributed by atoms with van der Waals surface area (Å²) >= 11 is 1.31. The van der Waals surface area contributed by atoms with Crippen molar-refractivity contribution in [3.05, 3.63) is 11.1 Å². The van der Waals surface area contributed by atoms with Crippen LogP contribution in [0, 0.1) is 5.92 Å². The van der Waals surface area contributed by atoms with E-state index in [1.54, 1.807) is 0 Å². The van der Waals surface area contributed by atoms with Crippen LogP contribution in [-0.2, 0) is 0 Å². The van der Waals surface area contributed by atoms with Crippen molar-refractivity contribution in [2.75, 3.05) is 11.4 Å². The number of nitrogens with zero attached hydrogens (tertiary/aromatic N) is 2. The third kappa shape index (κ3) is 1.92. The zero-order valence-corrected chi connectivity index (χ0v) is 10.4. The molecule has 1 aromatic rings. The normalized spacial score (nSPS) is 28.1. The van der Waals surface area contributed by atoms with Crippen LogP contribution in [0.4, 0.5) is 5.13 Å². The third-order valence-electron chi connectivity index (χ3n) is 3.94. The first-order valence-electron chi connectivity index (χ1n) is 6.21. The first-order chi connectivity index (χ1) is 8.25. The van der Waals surface area contributed by atoms with Crippen LogP contribution in [0.1, 0.15) is 41.8 Å². The molecule has 0 amide bonds. The topological polar surface area (TPSA) is 53.4 Å². The number of hydrogen-bond donors (Lipinski definition) is 1. The average molecular weight is 252 g/mol. The van der Waals surface area contributed by atoms with Crippen LogP contribution in [0.15, 0.2) is 6.20 Å². The summed E-state index contributed by atoms with van der Waals surface area (Å²) < 4.78 is 0. The van der Waals surface area contributed by atoms with Crippen LogP contribution in [0.5, 0.6) is 0 Å². The lowest BCUT2D eigenvalue weighted by Gasteiger charge is -2.37. The van der Waals surface area contributed by atoms with Crippen LogP contribution < -0.4 is 4.90 Å². The number of aromatic carboxylic acids is 1. The van der Waals surface area contributed by atoms with E-state index in [-0.39, 0.29) is 0 Å². The van der Waals surface area contributed by atoms with Crippen LogP contribution in [-0.4, -0.2) is 28.6 Å². The molecule has 2 aliphatic rings. The number of carboxylic acid groups (broad SMARTS) is 1. The van der Waals surface area contributed by atoms with E-state index in [9.17, 15) is 4.79 Å². The van der Waals surface area contributed by atoms with Crippen molar-refractivity contribution in [3.63, 3.8) is 0 Å². The molecule has 5 heteroatoms. The van der Waals surface area contributed by atoms with E-state index in [0.29, 0.717) is 10.9 Å². The molecule has 2 atom stereocenters. The van der Waals surface area contributed by atoms with Gasteiger partial charge in [0, 0.05) is 12.6 Å². The molecular weight excluding hydrogens is 236 g/mol. The number of carboxylic acids is 1. The van der Waals surface area contributed by atoms with Crippen molar-refractivity contribution in [2.24, 2.45) is 5.92 Å². The predicted molar refractivity (Wildman–Crippen MR) is 66.8 cm³/mol. The van der Waals surface area contributed by atoms with Crippen molar-refractivity contribution in [2.45, 2.75) is 38.1 Å². The van der Waals surface area contributed by atoms with Gasteiger partial charge in [-0.15, -0.1) is 0 Å². The maximum atomic E-state index is 10.9. The zero-order valence-electron chi connectivity index (χ0n) is 9.63. The van der Waals surface area contributed by atoms with Gasteiger partial charge in [-0.2, -0.15) is 0 Å². The fraction of sp³-hybridized carbons (Fsp3) is 0.667. The third-order valence-corrected chi connectivity index (χ3v) is 4.97. The second kappa shape index (κ2) is 4.29. The number of carbonyl (C=O) groups is 1. The summed E-state index contributed by atoms with van der Waals surface area (Å²) in [6.45, 7) is 1.04. The summed E-state index contributed by atoms with van der Waals surface area (Å²) in [4.78, 5) is 17.9. The summed E-state index contributed by atoms with van der Waals surface area (Å²) in [7, 11) is 0. The summed E-state index contributed by atoms with van der Waals surface area (Å²) in [6, 6.07) is 0.608. The molecule has 0 aromatic carbocycles. The molecule has 2 fully saturated rings. The van der Waals surface area contributed by atoms with Crippen molar-refractivity contribution in [1.29, 1.82) is 0 Å². The highest BCUT2D eigenvalue weighted by Gasteiger charge is 2.36. The Morgan fingerprint density at radius 3 is 3.00 bits per heavy atom. The lowest BCUT2D eigenvalue weighted by Crippen LogP contribution is -2.42. The molecule has 2 heterocycles. The van der Waals surface area contributed by atoms with Gasteiger partial charge in [-0.05, 0) is 31.6 Å². The van der Waals surface area contributed by atoms with Crippen LogP contribution in [0.25, 0.3) is 0 Å². The number of fused-ring (bicyclic) bond motifs is 1. The maximum Gasteiger partial charge on any atom is 0.347 e. The van der Waals surface area contributed by atoms with Gasteiger partial charge >= 0.3 is 5.97 Å². The molecule has 1 aliphatic heterocycles. The minimum atomic E-state index is -0.867. The van der Waals surface area contributed by atoms with Gasteiger partial charge in [0.1, 0.15) is 4.88 Å². The van der Waals surface area contributed by atoms with Crippen molar-refractivity contribution < 1.29 is 9.90 Å². The lowest BCUT2D eigenvalue weighted by atomic mass is 9.92. The molecule has 1 saturated carbocycles. The highest BCUT2D eigenvalue weighted by Crippen LogP contribution is 2.40. The molecule has 0 radical (unpaired) electrons. The maximum absolute atomic E-state index is 10.9. The van der Waals surface area contributed by atoms with E-state index in [2.05, 4.69) is 9.88 Å². The number of aromatic nitrogens is 1. The molecule has 1 aromatic heterocycles. The van der Waals surface area contributed by atoms with Gasteiger partial charge < -0.3 is 10.0 Å². The number of hydrogen-bond acceptors (Lipinski definition) is 4. The van der Waals surface area contributed by atoms with E-state index < -0.39 is 5.97 Å². The second-order valence-corrected chi connectivity index (χ2v) is 5.92.